The van der Waals surface area contributed by atoms with Crippen molar-refractivity contribution in [3.8, 4) is 21.8 Å². The van der Waals surface area contributed by atoms with Crippen LogP contribution in [0, 0.1) is 6.92 Å². The molecule has 1 saturated heterocycles. The third kappa shape index (κ3) is 4.63. The van der Waals surface area contributed by atoms with Crippen molar-refractivity contribution in [1.29, 1.82) is 0 Å². The van der Waals surface area contributed by atoms with Gasteiger partial charge in [-0.2, -0.15) is 16.1 Å². The van der Waals surface area contributed by atoms with Crippen molar-refractivity contribution in [2.45, 2.75) is 13.5 Å². The van der Waals surface area contributed by atoms with Crippen molar-refractivity contribution < 1.29 is 14.3 Å². The lowest BCUT2D eigenvalue weighted by atomic mass is 10.1. The molecule has 4 aromatic rings. The molecule has 4 heterocycles. The Morgan fingerprint density at radius 3 is 2.65 bits per heavy atom. The normalized spacial score (nSPS) is 13.7. The standard InChI is InChI=1S/C23H22N6O3S2/c1-15-19(23(31)28-8-10-32-11-9-28)22(34-20(15)16-5-3-2-4-6-16)24-18(30)13-29-26-21(25-27-29)17-7-12-33-14-17/h2-7,12,14H,8-11,13H2,1H3,(H,24,30). The number of ether oxygens (including phenoxy) is 1. The summed E-state index contributed by atoms with van der Waals surface area (Å²) in [7, 11) is 0. The van der Waals surface area contributed by atoms with Crippen LogP contribution in [0.4, 0.5) is 5.00 Å². The highest BCUT2D eigenvalue weighted by atomic mass is 32.1. The van der Waals surface area contributed by atoms with E-state index in [-0.39, 0.29) is 18.4 Å². The predicted octanol–water partition coefficient (Wildman–Crippen LogP) is 3.55. The largest absolute Gasteiger partial charge is 0.378 e. The molecule has 1 aliphatic rings. The summed E-state index contributed by atoms with van der Waals surface area (Å²) in [5, 5.41) is 19.6. The number of hydrogen-bond acceptors (Lipinski definition) is 8. The highest BCUT2D eigenvalue weighted by Crippen LogP contribution is 2.40. The molecule has 1 aliphatic heterocycles. The van der Waals surface area contributed by atoms with E-state index in [2.05, 4.69) is 20.7 Å². The molecule has 0 atom stereocenters. The number of hydrogen-bond donors (Lipinski definition) is 1. The third-order valence-electron chi connectivity index (χ3n) is 5.47. The van der Waals surface area contributed by atoms with Crippen molar-refractivity contribution in [2.24, 2.45) is 0 Å². The summed E-state index contributed by atoms with van der Waals surface area (Å²) >= 11 is 2.94. The number of benzene rings is 1. The molecule has 1 aromatic carbocycles. The van der Waals surface area contributed by atoms with E-state index in [9.17, 15) is 9.59 Å². The van der Waals surface area contributed by atoms with Gasteiger partial charge in [-0.05, 0) is 34.7 Å². The molecular formula is C23H22N6O3S2. The van der Waals surface area contributed by atoms with E-state index in [1.54, 1.807) is 4.90 Å². The summed E-state index contributed by atoms with van der Waals surface area (Å²) in [6.45, 7) is 3.88. The van der Waals surface area contributed by atoms with Crippen LogP contribution in [0.15, 0.2) is 47.2 Å². The molecule has 174 valence electrons. The summed E-state index contributed by atoms with van der Waals surface area (Å²) in [4.78, 5) is 30.3. The number of aromatic nitrogens is 4. The van der Waals surface area contributed by atoms with Gasteiger partial charge in [0.1, 0.15) is 11.5 Å². The summed E-state index contributed by atoms with van der Waals surface area (Å²) in [5.41, 5.74) is 3.22. The summed E-state index contributed by atoms with van der Waals surface area (Å²) in [5.74, 6) is 0.0369. The van der Waals surface area contributed by atoms with Gasteiger partial charge in [-0.3, -0.25) is 9.59 Å². The first-order valence-corrected chi connectivity index (χ1v) is 12.5. The van der Waals surface area contributed by atoms with Gasteiger partial charge in [-0.25, -0.2) is 0 Å². The Labute approximate surface area is 204 Å². The van der Waals surface area contributed by atoms with Crippen LogP contribution in [0.25, 0.3) is 21.8 Å². The van der Waals surface area contributed by atoms with Crippen molar-refractivity contribution in [3.63, 3.8) is 0 Å². The molecule has 9 nitrogen and oxygen atoms in total. The Kier molecular flexibility index (Phi) is 6.48. The minimum absolute atomic E-state index is 0.104. The first-order valence-electron chi connectivity index (χ1n) is 10.8. The lowest BCUT2D eigenvalue weighted by Gasteiger charge is -2.27. The molecule has 0 bridgehead atoms. The lowest BCUT2D eigenvalue weighted by molar-refractivity contribution is -0.117. The molecular weight excluding hydrogens is 472 g/mol. The van der Waals surface area contributed by atoms with Crippen LogP contribution in [-0.4, -0.2) is 63.2 Å². The van der Waals surface area contributed by atoms with Gasteiger partial charge in [-0.15, -0.1) is 21.5 Å². The molecule has 2 amide bonds. The Hall–Kier alpha value is -3.41. The number of anilines is 1. The van der Waals surface area contributed by atoms with E-state index in [1.165, 1.54) is 27.5 Å². The molecule has 0 radical (unpaired) electrons. The predicted molar refractivity (Wildman–Crippen MR) is 131 cm³/mol. The summed E-state index contributed by atoms with van der Waals surface area (Å²) in [6, 6.07) is 11.8. The average molecular weight is 495 g/mol. The smallest absolute Gasteiger partial charge is 0.257 e. The van der Waals surface area contributed by atoms with E-state index in [0.717, 1.165) is 21.6 Å². The molecule has 0 unspecified atom stereocenters. The van der Waals surface area contributed by atoms with Crippen molar-refractivity contribution >= 4 is 39.5 Å². The van der Waals surface area contributed by atoms with E-state index in [4.69, 9.17) is 4.74 Å². The zero-order chi connectivity index (χ0) is 23.5. The Morgan fingerprint density at radius 1 is 1.12 bits per heavy atom. The Morgan fingerprint density at radius 2 is 1.91 bits per heavy atom. The molecule has 11 heteroatoms. The van der Waals surface area contributed by atoms with Crippen LogP contribution in [0.1, 0.15) is 15.9 Å². The Bertz CT molecular complexity index is 1290. The van der Waals surface area contributed by atoms with Crippen LogP contribution in [-0.2, 0) is 16.1 Å². The maximum atomic E-state index is 13.4. The first-order chi connectivity index (χ1) is 16.6. The quantitative estimate of drug-likeness (QED) is 0.440. The van der Waals surface area contributed by atoms with Gasteiger partial charge in [0.15, 0.2) is 0 Å². The van der Waals surface area contributed by atoms with Gasteiger partial charge in [0.05, 0.1) is 18.8 Å². The van der Waals surface area contributed by atoms with Crippen LogP contribution in [0.5, 0.6) is 0 Å². The minimum atomic E-state index is -0.328. The zero-order valence-corrected chi connectivity index (χ0v) is 20.1. The number of nitrogens with one attached hydrogen (secondary N) is 1. The van der Waals surface area contributed by atoms with Crippen LogP contribution < -0.4 is 5.32 Å². The number of carbonyl (C=O) groups excluding carboxylic acids is 2. The second-order valence-corrected chi connectivity index (χ2v) is 9.54. The molecule has 0 aliphatic carbocycles. The molecule has 1 N–H and O–H groups in total. The average Bonchev–Trinajstić information content (AvgIpc) is 3.61. The topological polar surface area (TPSA) is 102 Å². The number of amides is 2. The highest BCUT2D eigenvalue weighted by Gasteiger charge is 2.28. The van der Waals surface area contributed by atoms with Crippen molar-refractivity contribution in [3.05, 3.63) is 58.3 Å². The molecule has 0 spiro atoms. The summed E-state index contributed by atoms with van der Waals surface area (Å²) in [6.07, 6.45) is 0. The van der Waals surface area contributed by atoms with E-state index < -0.39 is 0 Å². The van der Waals surface area contributed by atoms with Gasteiger partial charge in [-0.1, -0.05) is 30.3 Å². The minimum Gasteiger partial charge on any atom is -0.378 e. The fraction of sp³-hybridized carbons (Fsp3) is 0.261. The van der Waals surface area contributed by atoms with E-state index in [1.807, 2.05) is 54.1 Å². The van der Waals surface area contributed by atoms with E-state index in [0.29, 0.717) is 42.7 Å². The number of thiophene rings is 2. The third-order valence-corrected chi connectivity index (χ3v) is 7.40. The van der Waals surface area contributed by atoms with Crippen LogP contribution >= 0.6 is 22.7 Å². The Balaban J connectivity index is 1.41. The monoisotopic (exact) mass is 494 g/mol. The lowest BCUT2D eigenvalue weighted by Crippen LogP contribution is -2.41. The fourth-order valence-electron chi connectivity index (χ4n) is 3.76. The van der Waals surface area contributed by atoms with Gasteiger partial charge >= 0.3 is 0 Å². The molecule has 1 fully saturated rings. The zero-order valence-electron chi connectivity index (χ0n) is 18.4. The second kappa shape index (κ2) is 9.84. The number of nitrogens with zero attached hydrogens (tertiary/aromatic N) is 5. The highest BCUT2D eigenvalue weighted by molar-refractivity contribution is 7.20. The van der Waals surface area contributed by atoms with Crippen molar-refractivity contribution in [2.75, 3.05) is 31.6 Å². The maximum Gasteiger partial charge on any atom is 0.257 e. The van der Waals surface area contributed by atoms with Gasteiger partial charge in [0.25, 0.3) is 5.91 Å². The van der Waals surface area contributed by atoms with Crippen molar-refractivity contribution in [1.82, 2.24) is 25.1 Å². The second-order valence-electron chi connectivity index (χ2n) is 7.73. The first kappa shape index (κ1) is 22.4. The molecule has 3 aromatic heterocycles. The number of rotatable bonds is 6. The molecule has 5 rings (SSSR count). The number of tetrazole rings is 1. The SMILES string of the molecule is Cc1c(-c2ccccc2)sc(NC(=O)Cn2nnc(-c3ccsc3)n2)c1C(=O)N1CCOCC1. The molecule has 0 saturated carbocycles. The van der Waals surface area contributed by atoms with Gasteiger partial charge in [0, 0.05) is 28.9 Å². The van der Waals surface area contributed by atoms with Crippen LogP contribution in [0.3, 0.4) is 0 Å². The number of carbonyl (C=O) groups is 2. The van der Waals surface area contributed by atoms with Gasteiger partial charge < -0.3 is 15.0 Å². The maximum absolute atomic E-state index is 13.4. The van der Waals surface area contributed by atoms with Gasteiger partial charge in [0.2, 0.25) is 11.7 Å². The van der Waals surface area contributed by atoms with E-state index >= 15 is 0 Å². The summed E-state index contributed by atoms with van der Waals surface area (Å²) < 4.78 is 5.40. The fourth-order valence-corrected chi connectivity index (χ4v) is 5.62. The molecule has 34 heavy (non-hydrogen) atoms. The van der Waals surface area contributed by atoms with Crippen LogP contribution in [0.2, 0.25) is 0 Å². The number of morpholine rings is 1.